The van der Waals surface area contributed by atoms with Crippen LogP contribution in [0.25, 0.3) is 120 Å². The Morgan fingerprint density at radius 1 is 0.254 bits per heavy atom. The number of aromatic nitrogens is 2. The van der Waals surface area contributed by atoms with E-state index in [2.05, 4.69) is 240 Å². The van der Waals surface area contributed by atoms with Gasteiger partial charge in [-0.05, 0) is 111 Å². The minimum Gasteiger partial charge on any atom is -0.309 e. The van der Waals surface area contributed by atoms with Crippen molar-refractivity contribution in [3.8, 4) is 55.9 Å². The monoisotopic (exact) mass is 818 g/mol. The lowest BCUT2D eigenvalue weighted by Gasteiger charge is -2.11. The standard InChI is InChI=1S/C60H38N2S/c1-2-11-39(12-3-1)44-13-10-14-45(37-44)46-29-35-56-53(38-46)49-15-4-7-18-54(49)61(56)47-30-25-42(26-31-47)40-21-23-41(24-22-40)43-27-32-48(33-28-43)62-55-19-8-5-17-52(55)59-57(62)36-34-51-50-16-6-9-20-58(50)63-60(51)59/h1-38H. The van der Waals surface area contributed by atoms with Crippen molar-refractivity contribution in [2.24, 2.45) is 0 Å². The number of thiophene rings is 1. The summed E-state index contributed by atoms with van der Waals surface area (Å²) >= 11 is 1.90. The Hall–Kier alpha value is -7.98. The highest BCUT2D eigenvalue weighted by molar-refractivity contribution is 7.26. The molecule has 0 amide bonds. The van der Waals surface area contributed by atoms with Crippen molar-refractivity contribution in [2.75, 3.05) is 0 Å². The van der Waals surface area contributed by atoms with Crippen molar-refractivity contribution in [2.45, 2.75) is 0 Å². The summed E-state index contributed by atoms with van der Waals surface area (Å²) in [6.07, 6.45) is 0. The van der Waals surface area contributed by atoms with Crippen LogP contribution >= 0.6 is 11.3 Å². The zero-order valence-electron chi connectivity index (χ0n) is 34.2. The van der Waals surface area contributed by atoms with E-state index < -0.39 is 0 Å². The molecule has 10 aromatic carbocycles. The van der Waals surface area contributed by atoms with Gasteiger partial charge in [0.25, 0.3) is 0 Å². The highest BCUT2D eigenvalue weighted by atomic mass is 32.1. The summed E-state index contributed by atoms with van der Waals surface area (Å²) in [5.41, 5.74) is 16.9. The zero-order chi connectivity index (χ0) is 41.4. The van der Waals surface area contributed by atoms with Gasteiger partial charge in [0.15, 0.2) is 0 Å². The molecule has 0 aliphatic carbocycles. The van der Waals surface area contributed by atoms with Crippen LogP contribution in [0.4, 0.5) is 0 Å². The van der Waals surface area contributed by atoms with E-state index in [1.807, 2.05) is 11.3 Å². The Morgan fingerprint density at radius 3 is 1.38 bits per heavy atom. The molecule has 2 nitrogen and oxygen atoms in total. The van der Waals surface area contributed by atoms with Crippen LogP contribution in [-0.2, 0) is 0 Å². The lowest BCUT2D eigenvalue weighted by molar-refractivity contribution is 1.18. The van der Waals surface area contributed by atoms with E-state index in [0.29, 0.717) is 0 Å². The minimum absolute atomic E-state index is 1.15. The van der Waals surface area contributed by atoms with E-state index in [-0.39, 0.29) is 0 Å². The van der Waals surface area contributed by atoms with Crippen LogP contribution in [0.3, 0.4) is 0 Å². The third kappa shape index (κ3) is 5.78. The Balaban J connectivity index is 0.797. The van der Waals surface area contributed by atoms with Crippen LogP contribution in [0.2, 0.25) is 0 Å². The SMILES string of the molecule is c1ccc(-c2cccc(-c3ccc4c(c3)c3ccccc3n4-c3ccc(-c4ccc(-c5ccc(-n6c7ccccc7c7c8sc9ccccc9c8ccc76)cc5)cc4)cc3)c2)cc1. The van der Waals surface area contributed by atoms with E-state index in [1.54, 1.807) is 0 Å². The van der Waals surface area contributed by atoms with Gasteiger partial charge in [0, 0.05) is 53.1 Å². The normalized spacial score (nSPS) is 11.8. The average molecular weight is 819 g/mol. The average Bonchev–Trinajstić information content (AvgIpc) is 4.02. The maximum atomic E-state index is 2.42. The predicted molar refractivity (Wildman–Crippen MR) is 270 cm³/mol. The first-order valence-corrected chi connectivity index (χ1v) is 22.4. The van der Waals surface area contributed by atoms with Crippen molar-refractivity contribution in [1.82, 2.24) is 9.13 Å². The third-order valence-electron chi connectivity index (χ3n) is 13.0. The van der Waals surface area contributed by atoms with Crippen molar-refractivity contribution in [3.05, 3.63) is 231 Å². The van der Waals surface area contributed by atoms with E-state index in [0.717, 1.165) is 5.69 Å². The Morgan fingerprint density at radius 2 is 0.698 bits per heavy atom. The highest BCUT2D eigenvalue weighted by Crippen LogP contribution is 2.44. The molecule has 0 fully saturated rings. The summed E-state index contributed by atoms with van der Waals surface area (Å²) in [7, 11) is 0. The fourth-order valence-corrected chi connectivity index (χ4v) is 11.2. The molecule has 0 radical (unpaired) electrons. The van der Waals surface area contributed by atoms with Crippen LogP contribution in [0.1, 0.15) is 0 Å². The highest BCUT2D eigenvalue weighted by Gasteiger charge is 2.18. The van der Waals surface area contributed by atoms with Crippen LogP contribution in [0, 0.1) is 0 Å². The number of fused-ring (bicyclic) bond motifs is 10. The molecule has 13 aromatic rings. The molecule has 0 unspecified atom stereocenters. The summed E-state index contributed by atoms with van der Waals surface area (Å²) in [6.45, 7) is 0. The lowest BCUT2D eigenvalue weighted by atomic mass is 9.98. The number of hydrogen-bond donors (Lipinski definition) is 0. The minimum atomic E-state index is 1.15. The molecular formula is C60H38N2S. The second-order valence-corrected chi connectivity index (χ2v) is 17.5. The molecule has 3 heteroatoms. The zero-order valence-corrected chi connectivity index (χ0v) is 35.1. The molecule has 13 rings (SSSR count). The fourth-order valence-electron chi connectivity index (χ4n) is 9.91. The largest absolute Gasteiger partial charge is 0.309 e. The number of benzene rings is 10. The molecule has 3 aromatic heterocycles. The van der Waals surface area contributed by atoms with Crippen molar-refractivity contribution < 1.29 is 0 Å². The molecule has 0 spiro atoms. The number of para-hydroxylation sites is 2. The third-order valence-corrected chi connectivity index (χ3v) is 14.2. The van der Waals surface area contributed by atoms with E-state index in [9.17, 15) is 0 Å². The van der Waals surface area contributed by atoms with Crippen molar-refractivity contribution in [1.29, 1.82) is 0 Å². The second kappa shape index (κ2) is 14.3. The van der Waals surface area contributed by atoms with E-state index in [1.165, 1.54) is 114 Å². The Bertz CT molecular complexity index is 3870. The van der Waals surface area contributed by atoms with Crippen molar-refractivity contribution >= 4 is 75.1 Å². The Labute approximate surface area is 368 Å². The number of rotatable bonds is 6. The van der Waals surface area contributed by atoms with Crippen LogP contribution < -0.4 is 0 Å². The molecule has 63 heavy (non-hydrogen) atoms. The summed E-state index contributed by atoms with van der Waals surface area (Å²) < 4.78 is 7.51. The summed E-state index contributed by atoms with van der Waals surface area (Å²) in [5, 5.41) is 7.80. The molecule has 0 bridgehead atoms. The number of nitrogens with zero attached hydrogens (tertiary/aromatic N) is 2. The maximum Gasteiger partial charge on any atom is 0.0555 e. The topological polar surface area (TPSA) is 9.86 Å². The van der Waals surface area contributed by atoms with Gasteiger partial charge < -0.3 is 9.13 Å². The van der Waals surface area contributed by atoms with Crippen LogP contribution in [0.5, 0.6) is 0 Å². The number of hydrogen-bond acceptors (Lipinski definition) is 1. The first-order chi connectivity index (χ1) is 31.2. The van der Waals surface area contributed by atoms with Gasteiger partial charge >= 0.3 is 0 Å². The predicted octanol–water partition coefficient (Wildman–Crippen LogP) is 16.9. The van der Waals surface area contributed by atoms with Crippen LogP contribution in [-0.4, -0.2) is 9.13 Å². The van der Waals surface area contributed by atoms with E-state index in [4.69, 9.17) is 0 Å². The molecule has 294 valence electrons. The second-order valence-electron chi connectivity index (χ2n) is 16.5. The summed E-state index contributed by atoms with van der Waals surface area (Å²) in [5.74, 6) is 0. The lowest BCUT2D eigenvalue weighted by Crippen LogP contribution is -1.94. The Kier molecular flexibility index (Phi) is 8.12. The van der Waals surface area contributed by atoms with Gasteiger partial charge in [-0.3, -0.25) is 0 Å². The molecule has 3 heterocycles. The molecule has 0 aliphatic rings. The van der Waals surface area contributed by atoms with E-state index >= 15 is 0 Å². The molecule has 0 N–H and O–H groups in total. The van der Waals surface area contributed by atoms with Gasteiger partial charge in [-0.1, -0.05) is 164 Å². The first-order valence-electron chi connectivity index (χ1n) is 21.6. The fraction of sp³-hybridized carbons (Fsp3) is 0. The first kappa shape index (κ1) is 35.7. The van der Waals surface area contributed by atoms with Gasteiger partial charge in [0.2, 0.25) is 0 Å². The van der Waals surface area contributed by atoms with Crippen molar-refractivity contribution in [3.63, 3.8) is 0 Å². The quantitative estimate of drug-likeness (QED) is 0.158. The van der Waals surface area contributed by atoms with Gasteiger partial charge in [-0.2, -0.15) is 0 Å². The summed E-state index contributed by atoms with van der Waals surface area (Å²) in [4.78, 5) is 0. The van der Waals surface area contributed by atoms with Gasteiger partial charge in [0.05, 0.1) is 22.1 Å². The van der Waals surface area contributed by atoms with Crippen LogP contribution in [0.15, 0.2) is 231 Å². The smallest absolute Gasteiger partial charge is 0.0555 e. The van der Waals surface area contributed by atoms with Gasteiger partial charge in [-0.25, -0.2) is 0 Å². The van der Waals surface area contributed by atoms with Gasteiger partial charge in [0.1, 0.15) is 0 Å². The molecule has 0 atom stereocenters. The maximum absolute atomic E-state index is 2.42. The molecule has 0 saturated heterocycles. The van der Waals surface area contributed by atoms with Gasteiger partial charge in [-0.15, -0.1) is 11.3 Å². The molecular weight excluding hydrogens is 781 g/mol. The molecule has 0 saturated carbocycles. The summed E-state index contributed by atoms with van der Waals surface area (Å²) in [6, 6.07) is 84.4. The molecule has 0 aliphatic heterocycles.